The third kappa shape index (κ3) is 3.48. The van der Waals surface area contributed by atoms with E-state index in [4.69, 9.17) is 11.6 Å². The second-order valence-electron chi connectivity index (χ2n) is 5.84. The van der Waals surface area contributed by atoms with Gasteiger partial charge in [0.05, 0.1) is 21.7 Å². The minimum absolute atomic E-state index is 0.152. The highest BCUT2D eigenvalue weighted by Gasteiger charge is 2.14. The van der Waals surface area contributed by atoms with E-state index in [1.165, 1.54) is 16.1 Å². The first kappa shape index (κ1) is 17.8. The maximum absolute atomic E-state index is 12.4. The molecule has 0 fully saturated rings. The molecule has 0 unspecified atom stereocenters. The maximum atomic E-state index is 12.4. The molecule has 0 aliphatic rings. The Morgan fingerprint density at radius 1 is 1.08 bits per heavy atom. The lowest BCUT2D eigenvalue weighted by Gasteiger charge is -2.10. The van der Waals surface area contributed by atoms with Gasteiger partial charge in [-0.15, -0.1) is 0 Å². The van der Waals surface area contributed by atoms with Crippen molar-refractivity contribution in [2.75, 3.05) is 10.6 Å². The molecule has 26 heavy (non-hydrogen) atoms. The van der Waals surface area contributed by atoms with Gasteiger partial charge in [0.2, 0.25) is 11.8 Å². The van der Waals surface area contributed by atoms with Crippen LogP contribution in [0.25, 0.3) is 11.0 Å². The smallest absolute Gasteiger partial charge is 0.326 e. The van der Waals surface area contributed by atoms with Crippen LogP contribution in [0.1, 0.15) is 6.92 Å². The number of carbonyl (C=O) groups excluding carboxylic acids is 2. The minimum atomic E-state index is -0.398. The number of nitrogens with zero attached hydrogens (tertiary/aromatic N) is 2. The molecular formula is C18H17ClN4O3. The Labute approximate surface area is 154 Å². The summed E-state index contributed by atoms with van der Waals surface area (Å²) in [5.74, 6) is -0.628. The Balaban J connectivity index is 1.85. The van der Waals surface area contributed by atoms with Crippen molar-refractivity contribution in [3.05, 3.63) is 58.0 Å². The van der Waals surface area contributed by atoms with Gasteiger partial charge in [-0.25, -0.2) is 4.79 Å². The lowest BCUT2D eigenvalue weighted by atomic mass is 10.2. The molecule has 0 aliphatic carbocycles. The minimum Gasteiger partial charge on any atom is -0.326 e. The second kappa shape index (κ2) is 7.05. The molecule has 7 nitrogen and oxygen atoms in total. The summed E-state index contributed by atoms with van der Waals surface area (Å²) in [6.45, 7) is 1.24. The van der Waals surface area contributed by atoms with Crippen molar-refractivity contribution in [3.63, 3.8) is 0 Å². The van der Waals surface area contributed by atoms with Crippen molar-refractivity contribution in [2.45, 2.75) is 13.5 Å². The van der Waals surface area contributed by atoms with E-state index in [1.807, 2.05) is 18.2 Å². The molecule has 0 bridgehead atoms. The molecule has 0 saturated heterocycles. The summed E-state index contributed by atoms with van der Waals surface area (Å²) in [6.07, 6.45) is 0. The van der Waals surface area contributed by atoms with Crippen LogP contribution in [0.3, 0.4) is 0 Å². The molecule has 134 valence electrons. The van der Waals surface area contributed by atoms with Crippen LogP contribution in [0.4, 0.5) is 11.4 Å². The Morgan fingerprint density at radius 3 is 2.46 bits per heavy atom. The Morgan fingerprint density at radius 2 is 1.77 bits per heavy atom. The van der Waals surface area contributed by atoms with Crippen molar-refractivity contribution in [1.82, 2.24) is 9.13 Å². The number of rotatable bonds is 4. The summed E-state index contributed by atoms with van der Waals surface area (Å²) in [7, 11) is 1.66. The molecule has 0 radical (unpaired) electrons. The number of nitrogens with one attached hydrogen (secondary N) is 2. The van der Waals surface area contributed by atoms with Crippen molar-refractivity contribution in [1.29, 1.82) is 0 Å². The lowest BCUT2D eigenvalue weighted by molar-refractivity contribution is -0.117. The largest absolute Gasteiger partial charge is 0.329 e. The number of carbonyl (C=O) groups is 2. The molecule has 0 saturated carbocycles. The van der Waals surface area contributed by atoms with Gasteiger partial charge >= 0.3 is 5.69 Å². The van der Waals surface area contributed by atoms with Gasteiger partial charge in [0.25, 0.3) is 0 Å². The molecule has 0 spiro atoms. The van der Waals surface area contributed by atoms with Crippen LogP contribution >= 0.6 is 11.6 Å². The number of anilines is 2. The average Bonchev–Trinajstić information content (AvgIpc) is 2.83. The number of aryl methyl sites for hydroxylation is 1. The van der Waals surface area contributed by atoms with Gasteiger partial charge in [0.15, 0.2) is 0 Å². The number of fused-ring (bicyclic) bond motifs is 1. The molecule has 0 aliphatic heterocycles. The summed E-state index contributed by atoms with van der Waals surface area (Å²) in [6, 6.07) is 12.0. The number of hydrogen-bond acceptors (Lipinski definition) is 3. The summed E-state index contributed by atoms with van der Waals surface area (Å²) >= 11 is 6.11. The fourth-order valence-corrected chi connectivity index (χ4v) is 2.92. The summed E-state index contributed by atoms with van der Waals surface area (Å²) < 4.78 is 2.89. The number of hydrogen-bond donors (Lipinski definition) is 2. The number of halogens is 1. The molecule has 2 amide bonds. The number of para-hydroxylation sites is 2. The van der Waals surface area contributed by atoms with Crippen LogP contribution in [0.5, 0.6) is 0 Å². The van der Waals surface area contributed by atoms with E-state index in [2.05, 4.69) is 10.6 Å². The van der Waals surface area contributed by atoms with Crippen LogP contribution in [-0.4, -0.2) is 20.9 Å². The Kier molecular flexibility index (Phi) is 4.81. The van der Waals surface area contributed by atoms with E-state index in [9.17, 15) is 14.4 Å². The first-order valence-corrected chi connectivity index (χ1v) is 8.26. The zero-order valence-corrected chi connectivity index (χ0v) is 15.0. The zero-order chi connectivity index (χ0) is 18.8. The predicted octanol–water partition coefficient (Wildman–Crippen LogP) is 2.59. The fourth-order valence-electron chi connectivity index (χ4n) is 2.75. The molecule has 1 aromatic heterocycles. The maximum Gasteiger partial charge on any atom is 0.329 e. The van der Waals surface area contributed by atoms with E-state index in [1.54, 1.807) is 31.3 Å². The van der Waals surface area contributed by atoms with Gasteiger partial charge in [0.1, 0.15) is 6.54 Å². The molecule has 0 atom stereocenters. The van der Waals surface area contributed by atoms with Gasteiger partial charge in [-0.05, 0) is 30.3 Å². The summed E-state index contributed by atoms with van der Waals surface area (Å²) in [4.78, 5) is 36.0. The summed E-state index contributed by atoms with van der Waals surface area (Å²) in [5, 5.41) is 5.64. The van der Waals surface area contributed by atoms with Crippen molar-refractivity contribution < 1.29 is 9.59 Å². The van der Waals surface area contributed by atoms with Crippen LogP contribution in [0.2, 0.25) is 5.02 Å². The highest BCUT2D eigenvalue weighted by atomic mass is 35.5. The van der Waals surface area contributed by atoms with E-state index in [0.29, 0.717) is 21.9 Å². The molecule has 1 heterocycles. The standard InChI is InChI=1S/C18H17ClN4O3/c1-11(24)20-12-7-8-13(19)14(9-12)21-17(25)10-23-16-6-4-3-5-15(16)22(2)18(23)26/h3-9H,10H2,1-2H3,(H,20,24)(H,21,25). The Hall–Kier alpha value is -3.06. The van der Waals surface area contributed by atoms with E-state index in [0.717, 1.165) is 5.52 Å². The quantitative estimate of drug-likeness (QED) is 0.738. The SMILES string of the molecule is CC(=O)Nc1ccc(Cl)c(NC(=O)Cn2c(=O)n(C)c3ccccc32)c1. The topological polar surface area (TPSA) is 85.1 Å². The van der Waals surface area contributed by atoms with Crippen LogP contribution in [0, 0.1) is 0 Å². The van der Waals surface area contributed by atoms with Gasteiger partial charge in [-0.3, -0.25) is 18.7 Å². The number of imidazole rings is 1. The Bertz CT molecular complexity index is 1070. The summed E-state index contributed by atoms with van der Waals surface area (Å²) in [5.41, 5.74) is 2.01. The van der Waals surface area contributed by atoms with Crippen molar-refractivity contribution >= 4 is 45.8 Å². The molecule has 2 N–H and O–H groups in total. The molecule has 3 rings (SSSR count). The molecule has 8 heteroatoms. The van der Waals surface area contributed by atoms with E-state index in [-0.39, 0.29) is 18.1 Å². The van der Waals surface area contributed by atoms with Crippen LogP contribution < -0.4 is 16.3 Å². The highest BCUT2D eigenvalue weighted by Crippen LogP contribution is 2.25. The van der Waals surface area contributed by atoms with Gasteiger partial charge in [-0.1, -0.05) is 23.7 Å². The number of amides is 2. The molecular weight excluding hydrogens is 356 g/mol. The first-order chi connectivity index (χ1) is 12.4. The zero-order valence-electron chi connectivity index (χ0n) is 14.2. The number of aromatic nitrogens is 2. The fraction of sp³-hybridized carbons (Fsp3) is 0.167. The van der Waals surface area contributed by atoms with E-state index >= 15 is 0 Å². The second-order valence-corrected chi connectivity index (χ2v) is 6.25. The average molecular weight is 373 g/mol. The van der Waals surface area contributed by atoms with E-state index < -0.39 is 5.91 Å². The highest BCUT2D eigenvalue weighted by molar-refractivity contribution is 6.33. The van der Waals surface area contributed by atoms with Crippen molar-refractivity contribution in [3.8, 4) is 0 Å². The third-order valence-electron chi connectivity index (χ3n) is 3.91. The van der Waals surface area contributed by atoms with Crippen molar-refractivity contribution in [2.24, 2.45) is 7.05 Å². The molecule has 3 aromatic rings. The third-order valence-corrected chi connectivity index (χ3v) is 4.24. The van der Waals surface area contributed by atoms with Gasteiger partial charge < -0.3 is 10.6 Å². The van der Waals surface area contributed by atoms with Crippen LogP contribution in [0.15, 0.2) is 47.3 Å². The van der Waals surface area contributed by atoms with Gasteiger partial charge in [0, 0.05) is 19.7 Å². The monoisotopic (exact) mass is 372 g/mol. The molecule has 2 aromatic carbocycles. The normalized spacial score (nSPS) is 10.7. The van der Waals surface area contributed by atoms with Crippen LogP contribution in [-0.2, 0) is 23.2 Å². The lowest BCUT2D eigenvalue weighted by Crippen LogP contribution is -2.28. The number of benzene rings is 2. The predicted molar refractivity (Wildman–Crippen MR) is 102 cm³/mol. The van der Waals surface area contributed by atoms with Gasteiger partial charge in [-0.2, -0.15) is 0 Å². The first-order valence-electron chi connectivity index (χ1n) is 7.88.